The molecular weight excluding hydrogens is 358 g/mol. The maximum absolute atomic E-state index is 13.1. The van der Waals surface area contributed by atoms with E-state index in [-0.39, 0.29) is 11.9 Å². The van der Waals surface area contributed by atoms with Crippen LogP contribution in [0.25, 0.3) is 0 Å². The van der Waals surface area contributed by atoms with Gasteiger partial charge >= 0.3 is 0 Å². The van der Waals surface area contributed by atoms with Crippen LogP contribution < -0.4 is 9.47 Å². The van der Waals surface area contributed by atoms with Gasteiger partial charge in [0.2, 0.25) is 0 Å². The largest absolute Gasteiger partial charge is 0.490 e. The Morgan fingerprint density at radius 2 is 2.00 bits per heavy atom. The molecule has 19 heavy (non-hydrogen) atoms. The molecule has 3 rings (SSSR count). The van der Waals surface area contributed by atoms with Gasteiger partial charge in [-0.25, -0.2) is 4.39 Å². The van der Waals surface area contributed by atoms with E-state index in [2.05, 4.69) is 22.6 Å². The average Bonchev–Trinajstić information content (AvgIpc) is 2.80. The molecule has 2 nitrogen and oxygen atoms in total. The van der Waals surface area contributed by atoms with Gasteiger partial charge in [0, 0.05) is 15.6 Å². The highest BCUT2D eigenvalue weighted by atomic mass is 127. The summed E-state index contributed by atoms with van der Waals surface area (Å²) in [6.45, 7) is 0.469. The van der Waals surface area contributed by atoms with Gasteiger partial charge in [-0.3, -0.25) is 0 Å². The van der Waals surface area contributed by atoms with E-state index in [0.29, 0.717) is 13.0 Å². The van der Waals surface area contributed by atoms with Crippen LogP contribution >= 0.6 is 22.6 Å². The number of benzene rings is 2. The molecule has 0 aromatic heterocycles. The summed E-state index contributed by atoms with van der Waals surface area (Å²) in [5.74, 6) is 1.37. The number of rotatable bonds is 3. The third kappa shape index (κ3) is 3.00. The number of hydrogen-bond acceptors (Lipinski definition) is 2. The summed E-state index contributed by atoms with van der Waals surface area (Å²) >= 11 is 2.25. The van der Waals surface area contributed by atoms with E-state index in [1.165, 1.54) is 15.7 Å². The molecule has 0 fully saturated rings. The lowest BCUT2D eigenvalue weighted by atomic mass is 10.1. The summed E-state index contributed by atoms with van der Waals surface area (Å²) in [5, 5.41) is 0. The molecule has 0 saturated carbocycles. The molecule has 0 N–H and O–H groups in total. The number of halogens is 2. The molecule has 1 atom stereocenters. The fourth-order valence-corrected chi connectivity index (χ4v) is 2.46. The molecule has 2 aromatic carbocycles. The first-order chi connectivity index (χ1) is 9.20. The molecule has 1 aliphatic rings. The van der Waals surface area contributed by atoms with Crippen molar-refractivity contribution < 1.29 is 13.9 Å². The van der Waals surface area contributed by atoms with Crippen molar-refractivity contribution in [1.29, 1.82) is 0 Å². The molecule has 0 bridgehead atoms. The van der Waals surface area contributed by atoms with E-state index < -0.39 is 0 Å². The van der Waals surface area contributed by atoms with Gasteiger partial charge in [0.05, 0.1) is 0 Å². The van der Waals surface area contributed by atoms with Crippen molar-refractivity contribution in [3.63, 3.8) is 0 Å². The third-order valence-electron chi connectivity index (χ3n) is 3.01. The zero-order valence-corrected chi connectivity index (χ0v) is 12.3. The van der Waals surface area contributed by atoms with Gasteiger partial charge in [0.25, 0.3) is 0 Å². The number of hydrogen-bond donors (Lipinski definition) is 0. The Labute approximate surface area is 124 Å². The second kappa shape index (κ2) is 5.36. The van der Waals surface area contributed by atoms with E-state index in [9.17, 15) is 4.39 Å². The predicted molar refractivity (Wildman–Crippen MR) is 79.2 cm³/mol. The van der Waals surface area contributed by atoms with E-state index >= 15 is 0 Å². The minimum absolute atomic E-state index is 0.0453. The Hall–Kier alpha value is -1.30. The molecule has 98 valence electrons. The quantitative estimate of drug-likeness (QED) is 0.765. The lowest BCUT2D eigenvalue weighted by Crippen LogP contribution is -2.22. The number of ether oxygens (including phenoxy) is 2. The second-order valence-electron chi connectivity index (χ2n) is 4.46. The van der Waals surface area contributed by atoms with E-state index in [0.717, 1.165) is 17.1 Å². The van der Waals surface area contributed by atoms with Crippen LogP contribution in [0.4, 0.5) is 4.39 Å². The van der Waals surface area contributed by atoms with Crippen LogP contribution in [0.15, 0.2) is 42.5 Å². The molecule has 0 saturated heterocycles. The van der Waals surface area contributed by atoms with Crippen molar-refractivity contribution in [2.75, 3.05) is 6.61 Å². The van der Waals surface area contributed by atoms with Gasteiger partial charge in [-0.05, 0) is 65.1 Å². The predicted octanol–water partition coefficient (Wildman–Crippen LogP) is 3.81. The van der Waals surface area contributed by atoms with Crippen LogP contribution in [0.5, 0.6) is 11.5 Å². The minimum atomic E-state index is -0.221. The van der Waals surface area contributed by atoms with E-state index in [1.807, 2.05) is 24.3 Å². The molecule has 0 spiro atoms. The standard InChI is InChI=1S/C15H12FIO2/c16-11-1-6-15-10(7-11)8-14(19-15)9-18-13-4-2-12(17)3-5-13/h1-7,14H,8-9H2. The monoisotopic (exact) mass is 370 g/mol. The van der Waals surface area contributed by atoms with Crippen molar-refractivity contribution in [1.82, 2.24) is 0 Å². The lowest BCUT2D eigenvalue weighted by molar-refractivity contribution is 0.148. The first kappa shape index (κ1) is 12.7. The Kier molecular flexibility index (Phi) is 3.59. The second-order valence-corrected chi connectivity index (χ2v) is 5.71. The summed E-state index contributed by atoms with van der Waals surface area (Å²) in [4.78, 5) is 0. The van der Waals surface area contributed by atoms with Crippen molar-refractivity contribution in [2.45, 2.75) is 12.5 Å². The van der Waals surface area contributed by atoms with Crippen molar-refractivity contribution in [3.05, 3.63) is 57.4 Å². The van der Waals surface area contributed by atoms with Crippen LogP contribution in [0.2, 0.25) is 0 Å². The SMILES string of the molecule is Fc1ccc2c(c1)CC(COc1ccc(I)cc1)O2. The average molecular weight is 370 g/mol. The first-order valence-corrected chi connectivity index (χ1v) is 7.12. The van der Waals surface area contributed by atoms with Crippen molar-refractivity contribution in [3.8, 4) is 11.5 Å². The maximum Gasteiger partial charge on any atom is 0.137 e. The van der Waals surface area contributed by atoms with E-state index in [1.54, 1.807) is 6.07 Å². The molecule has 0 radical (unpaired) electrons. The molecule has 0 aliphatic carbocycles. The molecule has 1 aliphatic heterocycles. The highest BCUT2D eigenvalue weighted by Crippen LogP contribution is 2.29. The van der Waals surface area contributed by atoms with Crippen LogP contribution in [0.3, 0.4) is 0 Å². The maximum atomic E-state index is 13.1. The van der Waals surface area contributed by atoms with Crippen LogP contribution in [-0.4, -0.2) is 12.7 Å². The smallest absolute Gasteiger partial charge is 0.137 e. The summed E-state index contributed by atoms with van der Waals surface area (Å²) in [5.41, 5.74) is 0.913. The number of fused-ring (bicyclic) bond motifs is 1. The normalized spacial score (nSPS) is 16.8. The fraction of sp³-hybridized carbons (Fsp3) is 0.200. The lowest BCUT2D eigenvalue weighted by Gasteiger charge is -2.12. The highest BCUT2D eigenvalue weighted by molar-refractivity contribution is 14.1. The van der Waals surface area contributed by atoms with Crippen LogP contribution in [-0.2, 0) is 6.42 Å². The minimum Gasteiger partial charge on any atom is -0.490 e. The van der Waals surface area contributed by atoms with Crippen molar-refractivity contribution >= 4 is 22.6 Å². The summed E-state index contributed by atoms with van der Waals surface area (Å²) in [6, 6.07) is 12.5. The Morgan fingerprint density at radius 1 is 1.21 bits per heavy atom. The van der Waals surface area contributed by atoms with Gasteiger partial charge in [0.1, 0.15) is 30.0 Å². The molecular formula is C15H12FIO2. The van der Waals surface area contributed by atoms with Crippen LogP contribution in [0, 0.1) is 9.39 Å². The molecule has 2 aromatic rings. The van der Waals surface area contributed by atoms with Gasteiger partial charge < -0.3 is 9.47 Å². The summed E-state index contributed by atoms with van der Waals surface area (Å²) < 4.78 is 25.7. The summed E-state index contributed by atoms with van der Waals surface area (Å²) in [7, 11) is 0. The Balaban J connectivity index is 1.60. The van der Waals surface area contributed by atoms with Gasteiger partial charge in [-0.15, -0.1) is 0 Å². The van der Waals surface area contributed by atoms with Gasteiger partial charge in [-0.2, -0.15) is 0 Å². The molecule has 1 unspecified atom stereocenters. The Bertz CT molecular complexity index is 583. The fourth-order valence-electron chi connectivity index (χ4n) is 2.10. The third-order valence-corrected chi connectivity index (χ3v) is 3.73. The van der Waals surface area contributed by atoms with Gasteiger partial charge in [0.15, 0.2) is 0 Å². The molecule has 1 heterocycles. The van der Waals surface area contributed by atoms with Crippen molar-refractivity contribution in [2.24, 2.45) is 0 Å². The van der Waals surface area contributed by atoms with E-state index in [4.69, 9.17) is 9.47 Å². The Morgan fingerprint density at radius 3 is 2.79 bits per heavy atom. The van der Waals surface area contributed by atoms with Gasteiger partial charge in [-0.1, -0.05) is 0 Å². The highest BCUT2D eigenvalue weighted by Gasteiger charge is 2.23. The zero-order valence-electron chi connectivity index (χ0n) is 10.1. The molecule has 4 heteroatoms. The molecule has 0 amide bonds. The zero-order chi connectivity index (χ0) is 13.2. The summed E-state index contributed by atoms with van der Waals surface area (Å²) in [6.07, 6.45) is 0.647. The van der Waals surface area contributed by atoms with Crippen LogP contribution in [0.1, 0.15) is 5.56 Å². The first-order valence-electron chi connectivity index (χ1n) is 6.04. The topological polar surface area (TPSA) is 18.5 Å².